The fraction of sp³-hybridized carbons (Fsp3) is 0.556. The number of carbonyl (C=O) groups excluding carboxylic acids is 2. The van der Waals surface area contributed by atoms with Gasteiger partial charge in [-0.3, -0.25) is 4.79 Å². The van der Waals surface area contributed by atoms with Crippen LogP contribution in [0.15, 0.2) is 22.7 Å². The summed E-state index contributed by atoms with van der Waals surface area (Å²) in [5, 5.41) is 11.3. The van der Waals surface area contributed by atoms with Gasteiger partial charge in [0, 0.05) is 13.1 Å². The Kier molecular flexibility index (Phi) is 6.89. The summed E-state index contributed by atoms with van der Waals surface area (Å²) in [4.78, 5) is 27.7. The summed E-state index contributed by atoms with van der Waals surface area (Å²) in [5.74, 6) is 0.705. The molecule has 7 nitrogen and oxygen atoms in total. The average Bonchev–Trinajstić information content (AvgIpc) is 3.35. The minimum absolute atomic E-state index is 0.0546. The van der Waals surface area contributed by atoms with Crippen LogP contribution < -0.4 is 0 Å². The summed E-state index contributed by atoms with van der Waals surface area (Å²) in [7, 11) is 0. The van der Waals surface area contributed by atoms with Crippen LogP contribution in [-0.4, -0.2) is 56.5 Å². The van der Waals surface area contributed by atoms with Gasteiger partial charge in [-0.05, 0) is 44.6 Å². The van der Waals surface area contributed by atoms with Gasteiger partial charge in [-0.2, -0.15) is 0 Å². The second-order valence-corrected chi connectivity index (χ2v) is 8.06. The van der Waals surface area contributed by atoms with Crippen molar-refractivity contribution in [3.8, 4) is 10.7 Å². The van der Waals surface area contributed by atoms with Crippen LogP contribution in [0.2, 0.25) is 0 Å². The lowest BCUT2D eigenvalue weighted by Gasteiger charge is -2.33. The summed E-state index contributed by atoms with van der Waals surface area (Å²) in [5.41, 5.74) is 0. The Morgan fingerprint density at radius 1 is 1.33 bits per heavy atom. The van der Waals surface area contributed by atoms with E-state index in [1.54, 1.807) is 23.2 Å². The van der Waals surface area contributed by atoms with Crippen LogP contribution in [0.25, 0.3) is 10.7 Å². The third-order valence-electron chi connectivity index (χ3n) is 4.48. The van der Waals surface area contributed by atoms with Crippen LogP contribution in [0.1, 0.15) is 33.1 Å². The third kappa shape index (κ3) is 4.52. The van der Waals surface area contributed by atoms with Gasteiger partial charge in [0.15, 0.2) is 11.0 Å². The van der Waals surface area contributed by atoms with Gasteiger partial charge in [-0.1, -0.05) is 17.8 Å². The molecule has 1 saturated heterocycles. The molecule has 1 aliphatic heterocycles. The molecular formula is C18H24N4O3S2. The number of nitrogens with zero attached hydrogens (tertiary/aromatic N) is 4. The first-order valence-electron chi connectivity index (χ1n) is 9.21. The smallest absolute Gasteiger partial charge is 0.328 e. The van der Waals surface area contributed by atoms with Crippen molar-refractivity contribution in [1.82, 2.24) is 19.7 Å². The molecule has 0 saturated carbocycles. The van der Waals surface area contributed by atoms with Crippen molar-refractivity contribution in [2.24, 2.45) is 0 Å². The highest BCUT2D eigenvalue weighted by molar-refractivity contribution is 7.99. The van der Waals surface area contributed by atoms with Crippen LogP contribution in [-0.2, 0) is 20.9 Å². The van der Waals surface area contributed by atoms with Crippen molar-refractivity contribution in [2.75, 3.05) is 18.9 Å². The van der Waals surface area contributed by atoms with Crippen molar-refractivity contribution >= 4 is 35.0 Å². The van der Waals surface area contributed by atoms with Gasteiger partial charge < -0.3 is 14.2 Å². The molecule has 0 unspecified atom stereocenters. The van der Waals surface area contributed by atoms with Crippen LogP contribution in [0.3, 0.4) is 0 Å². The monoisotopic (exact) mass is 408 g/mol. The van der Waals surface area contributed by atoms with Gasteiger partial charge in [0.2, 0.25) is 5.91 Å². The number of thiophene rings is 1. The predicted octanol–water partition coefficient (Wildman–Crippen LogP) is 3.06. The SMILES string of the molecule is CCOC(=O)[C@H]1CCCCN1C(=O)CSc1nnc(-c2cccs2)n1CC. The Labute approximate surface area is 167 Å². The van der Waals surface area contributed by atoms with Crippen LogP contribution in [0.5, 0.6) is 0 Å². The number of hydrogen-bond donors (Lipinski definition) is 0. The Morgan fingerprint density at radius 2 is 2.19 bits per heavy atom. The maximum absolute atomic E-state index is 12.8. The summed E-state index contributed by atoms with van der Waals surface area (Å²) in [6.07, 6.45) is 2.53. The number of likely N-dealkylation sites (tertiary alicyclic amines) is 1. The van der Waals surface area contributed by atoms with Crippen LogP contribution in [0.4, 0.5) is 0 Å². The van der Waals surface area contributed by atoms with Gasteiger partial charge in [0.05, 0.1) is 17.2 Å². The molecule has 1 atom stereocenters. The highest BCUT2D eigenvalue weighted by Gasteiger charge is 2.33. The number of ether oxygens (including phenoxy) is 1. The molecule has 1 fully saturated rings. The second-order valence-electron chi connectivity index (χ2n) is 6.17. The summed E-state index contributed by atoms with van der Waals surface area (Å²) in [6, 6.07) is 3.53. The normalized spacial score (nSPS) is 17.1. The molecule has 0 aromatic carbocycles. The zero-order valence-corrected chi connectivity index (χ0v) is 17.2. The maximum atomic E-state index is 12.8. The van der Waals surface area contributed by atoms with E-state index in [9.17, 15) is 9.59 Å². The largest absolute Gasteiger partial charge is 0.464 e. The zero-order valence-electron chi connectivity index (χ0n) is 15.6. The third-order valence-corrected chi connectivity index (χ3v) is 6.30. The molecule has 1 aliphatic rings. The van der Waals surface area contributed by atoms with Crippen LogP contribution in [0, 0.1) is 0 Å². The molecule has 0 bridgehead atoms. The average molecular weight is 409 g/mol. The maximum Gasteiger partial charge on any atom is 0.328 e. The number of hydrogen-bond acceptors (Lipinski definition) is 7. The summed E-state index contributed by atoms with van der Waals surface area (Å²) < 4.78 is 7.16. The van der Waals surface area contributed by atoms with Gasteiger partial charge in [0.25, 0.3) is 0 Å². The van der Waals surface area contributed by atoms with Gasteiger partial charge in [-0.25, -0.2) is 4.79 Å². The standard InChI is InChI=1S/C18H24N4O3S2/c1-3-21-16(14-9-7-11-26-14)19-20-18(21)27-12-15(23)22-10-6-5-8-13(22)17(24)25-4-2/h7,9,11,13H,3-6,8,10,12H2,1-2H3/t13-/m1/s1. The zero-order chi connectivity index (χ0) is 19.2. The molecule has 3 rings (SSSR count). The summed E-state index contributed by atoms with van der Waals surface area (Å²) in [6.45, 7) is 5.48. The number of piperidine rings is 1. The number of esters is 1. The highest BCUT2D eigenvalue weighted by Crippen LogP contribution is 2.28. The van der Waals surface area contributed by atoms with E-state index in [4.69, 9.17) is 4.74 Å². The first kappa shape index (κ1) is 19.9. The number of rotatable bonds is 7. The molecule has 3 heterocycles. The number of thioether (sulfide) groups is 1. The first-order valence-corrected chi connectivity index (χ1v) is 11.1. The van der Waals surface area contributed by atoms with E-state index >= 15 is 0 Å². The van der Waals surface area contributed by atoms with Crippen molar-refractivity contribution in [3.63, 3.8) is 0 Å². The number of carbonyl (C=O) groups is 2. The predicted molar refractivity (Wildman–Crippen MR) is 106 cm³/mol. The molecule has 0 aliphatic carbocycles. The minimum atomic E-state index is -0.461. The fourth-order valence-electron chi connectivity index (χ4n) is 3.19. The molecule has 2 aromatic heterocycles. The number of aromatic nitrogens is 3. The second kappa shape index (κ2) is 9.36. The lowest BCUT2D eigenvalue weighted by Crippen LogP contribution is -2.49. The molecular weight excluding hydrogens is 384 g/mol. The molecule has 0 radical (unpaired) electrons. The van der Waals surface area contributed by atoms with E-state index in [1.165, 1.54) is 11.8 Å². The van der Waals surface area contributed by atoms with E-state index in [2.05, 4.69) is 10.2 Å². The van der Waals surface area contributed by atoms with Gasteiger partial charge in [0.1, 0.15) is 6.04 Å². The Balaban J connectivity index is 1.67. The number of amides is 1. The molecule has 146 valence electrons. The quantitative estimate of drug-likeness (QED) is 0.518. The molecule has 27 heavy (non-hydrogen) atoms. The lowest BCUT2D eigenvalue weighted by molar-refractivity contribution is -0.155. The van der Waals surface area contributed by atoms with Gasteiger partial charge in [-0.15, -0.1) is 21.5 Å². The van der Waals surface area contributed by atoms with Crippen molar-refractivity contribution in [3.05, 3.63) is 17.5 Å². The van der Waals surface area contributed by atoms with Gasteiger partial charge >= 0.3 is 5.97 Å². The molecule has 9 heteroatoms. The topological polar surface area (TPSA) is 77.3 Å². The van der Waals surface area contributed by atoms with Crippen molar-refractivity contribution in [2.45, 2.75) is 50.9 Å². The Bertz CT molecular complexity index is 776. The van der Waals surface area contributed by atoms with Crippen molar-refractivity contribution < 1.29 is 14.3 Å². The van der Waals surface area contributed by atoms with E-state index in [-0.39, 0.29) is 17.6 Å². The van der Waals surface area contributed by atoms with E-state index in [1.807, 2.05) is 29.0 Å². The minimum Gasteiger partial charge on any atom is -0.464 e. The Morgan fingerprint density at radius 3 is 2.89 bits per heavy atom. The lowest BCUT2D eigenvalue weighted by atomic mass is 10.0. The molecule has 1 amide bonds. The summed E-state index contributed by atoms with van der Waals surface area (Å²) >= 11 is 2.98. The van der Waals surface area contributed by atoms with Crippen molar-refractivity contribution in [1.29, 1.82) is 0 Å². The molecule has 0 N–H and O–H groups in total. The highest BCUT2D eigenvalue weighted by atomic mass is 32.2. The first-order chi connectivity index (χ1) is 13.2. The fourth-order valence-corrected chi connectivity index (χ4v) is 4.80. The van der Waals surface area contributed by atoms with E-state index < -0.39 is 6.04 Å². The van der Waals surface area contributed by atoms with E-state index in [0.717, 1.165) is 35.2 Å². The van der Waals surface area contributed by atoms with Crippen LogP contribution >= 0.6 is 23.1 Å². The van der Waals surface area contributed by atoms with E-state index in [0.29, 0.717) is 19.6 Å². The molecule has 0 spiro atoms. The Hall–Kier alpha value is -1.87. The molecule has 2 aromatic rings.